The first-order valence-electron chi connectivity index (χ1n) is 6.44. The third-order valence-corrected chi connectivity index (χ3v) is 3.92. The van der Waals surface area contributed by atoms with Crippen LogP contribution in [0.25, 0.3) is 6.08 Å². The quantitative estimate of drug-likeness (QED) is 0.858. The molecule has 0 spiro atoms. The Morgan fingerprint density at radius 2 is 2.25 bits per heavy atom. The summed E-state index contributed by atoms with van der Waals surface area (Å²) in [5.74, 6) is -0.647. The Hall–Kier alpha value is -1.56. The van der Waals surface area contributed by atoms with Crippen LogP contribution >= 0.6 is 15.9 Å². The molecule has 108 valence electrons. The molecule has 1 amide bonds. The van der Waals surface area contributed by atoms with E-state index in [2.05, 4.69) is 15.9 Å². The van der Waals surface area contributed by atoms with Crippen LogP contribution in [0.2, 0.25) is 0 Å². The fourth-order valence-corrected chi connectivity index (χ4v) is 2.71. The summed E-state index contributed by atoms with van der Waals surface area (Å²) in [5, 5.41) is 9.00. The Morgan fingerprint density at radius 3 is 2.80 bits per heavy atom. The summed E-state index contributed by atoms with van der Waals surface area (Å²) in [6, 6.07) is 3.45. The van der Waals surface area contributed by atoms with Gasteiger partial charge in [0, 0.05) is 18.7 Å². The first kappa shape index (κ1) is 14.8. The highest BCUT2D eigenvalue weighted by Crippen LogP contribution is 2.23. The van der Waals surface area contributed by atoms with Gasteiger partial charge in [0.2, 0.25) is 5.91 Å². The van der Waals surface area contributed by atoms with E-state index in [1.54, 1.807) is 23.1 Å². The molecule has 1 N–H and O–H groups in total. The first-order valence-corrected chi connectivity index (χ1v) is 7.23. The molecule has 2 rings (SSSR count). The second-order valence-electron chi connectivity index (χ2n) is 4.92. The number of nitrogens with zero attached hydrogens (tertiary/aromatic N) is 1. The number of rotatable bonds is 3. The van der Waals surface area contributed by atoms with Crippen molar-refractivity contribution in [2.24, 2.45) is 5.92 Å². The molecule has 1 aliphatic heterocycles. The van der Waals surface area contributed by atoms with Gasteiger partial charge in [-0.3, -0.25) is 9.59 Å². The van der Waals surface area contributed by atoms with Gasteiger partial charge in [-0.05, 0) is 53.9 Å². The molecule has 1 aromatic heterocycles. The van der Waals surface area contributed by atoms with Gasteiger partial charge in [0.15, 0.2) is 4.67 Å². The van der Waals surface area contributed by atoms with Gasteiger partial charge in [-0.2, -0.15) is 0 Å². The highest BCUT2D eigenvalue weighted by Gasteiger charge is 2.31. The summed E-state index contributed by atoms with van der Waals surface area (Å²) in [5.41, 5.74) is 0. The van der Waals surface area contributed by atoms with Crippen molar-refractivity contribution in [2.75, 3.05) is 6.54 Å². The maximum absolute atomic E-state index is 12.1. The highest BCUT2D eigenvalue weighted by atomic mass is 79.9. The van der Waals surface area contributed by atoms with E-state index < -0.39 is 5.97 Å². The molecule has 1 aromatic rings. The number of aliphatic carboxylic acids is 1. The third-order valence-electron chi connectivity index (χ3n) is 3.49. The predicted octanol–water partition coefficient (Wildman–Crippen LogP) is 2.77. The number of carbonyl (C=O) groups is 2. The van der Waals surface area contributed by atoms with E-state index in [9.17, 15) is 9.59 Å². The van der Waals surface area contributed by atoms with E-state index in [4.69, 9.17) is 9.52 Å². The second kappa shape index (κ2) is 6.26. The summed E-state index contributed by atoms with van der Waals surface area (Å²) in [4.78, 5) is 24.8. The van der Waals surface area contributed by atoms with Gasteiger partial charge in [0.1, 0.15) is 5.76 Å². The predicted molar refractivity (Wildman–Crippen MR) is 77.0 cm³/mol. The second-order valence-corrected chi connectivity index (χ2v) is 5.70. The summed E-state index contributed by atoms with van der Waals surface area (Å²) in [6.07, 6.45) is 4.08. The molecule has 1 saturated heterocycles. The van der Waals surface area contributed by atoms with Crippen LogP contribution in [0.1, 0.15) is 25.5 Å². The number of carbonyl (C=O) groups excluding carboxylic acids is 1. The number of piperidine rings is 1. The number of halogens is 1. The van der Waals surface area contributed by atoms with Gasteiger partial charge < -0.3 is 14.4 Å². The molecule has 1 aliphatic rings. The van der Waals surface area contributed by atoms with Crippen molar-refractivity contribution >= 4 is 33.9 Å². The Labute approximate surface area is 125 Å². The van der Waals surface area contributed by atoms with E-state index >= 15 is 0 Å². The first-order chi connectivity index (χ1) is 9.47. The van der Waals surface area contributed by atoms with Crippen LogP contribution < -0.4 is 0 Å². The minimum atomic E-state index is -0.778. The minimum Gasteiger partial charge on any atom is -0.481 e. The van der Waals surface area contributed by atoms with Crippen LogP contribution in [0, 0.1) is 5.92 Å². The van der Waals surface area contributed by atoms with Crippen LogP contribution in [0.4, 0.5) is 0 Å². The average Bonchev–Trinajstić information content (AvgIpc) is 2.81. The average molecular weight is 342 g/mol. The summed E-state index contributed by atoms with van der Waals surface area (Å²) in [6.45, 7) is 2.35. The molecule has 2 heterocycles. The largest absolute Gasteiger partial charge is 0.481 e. The molecule has 2 unspecified atom stereocenters. The van der Waals surface area contributed by atoms with Crippen molar-refractivity contribution in [1.82, 2.24) is 4.90 Å². The lowest BCUT2D eigenvalue weighted by atomic mass is 9.91. The molecule has 5 nitrogen and oxygen atoms in total. The van der Waals surface area contributed by atoms with Gasteiger partial charge >= 0.3 is 5.97 Å². The van der Waals surface area contributed by atoms with Crippen LogP contribution in [0.5, 0.6) is 0 Å². The number of carboxylic acids is 1. The van der Waals surface area contributed by atoms with E-state index in [0.717, 1.165) is 0 Å². The minimum absolute atomic E-state index is 0.0645. The highest BCUT2D eigenvalue weighted by molar-refractivity contribution is 9.10. The Morgan fingerprint density at radius 1 is 1.50 bits per heavy atom. The normalized spacial score (nSPS) is 23.2. The smallest absolute Gasteiger partial charge is 0.306 e. The molecular formula is C14H16BrNO4. The maximum atomic E-state index is 12.1. The van der Waals surface area contributed by atoms with Crippen molar-refractivity contribution in [3.63, 3.8) is 0 Å². The lowest BCUT2D eigenvalue weighted by Crippen LogP contribution is -2.45. The standard InChI is InChI=1S/C14H16BrNO4/c1-9-8-10(14(18)19)6-7-16(9)13(17)5-3-11-2-4-12(15)20-11/h2-5,9-10H,6-8H2,1H3,(H,18,19)/b5-3+. The van der Waals surface area contributed by atoms with Crippen LogP contribution in [0.3, 0.4) is 0 Å². The number of likely N-dealkylation sites (tertiary alicyclic amines) is 1. The molecule has 0 aliphatic carbocycles. The molecule has 2 atom stereocenters. The summed E-state index contributed by atoms with van der Waals surface area (Å²) >= 11 is 3.19. The number of amides is 1. The Bertz CT molecular complexity index is 537. The zero-order chi connectivity index (χ0) is 14.7. The molecule has 0 aromatic carbocycles. The van der Waals surface area contributed by atoms with Crippen molar-refractivity contribution in [1.29, 1.82) is 0 Å². The van der Waals surface area contributed by atoms with Gasteiger partial charge in [0.25, 0.3) is 0 Å². The zero-order valence-corrected chi connectivity index (χ0v) is 12.7. The fourth-order valence-electron chi connectivity index (χ4n) is 2.39. The molecule has 0 bridgehead atoms. The van der Waals surface area contributed by atoms with Crippen LogP contribution in [0.15, 0.2) is 27.3 Å². The molecule has 0 radical (unpaired) electrons. The van der Waals surface area contributed by atoms with Gasteiger partial charge in [-0.15, -0.1) is 0 Å². The Balaban J connectivity index is 1.96. The van der Waals surface area contributed by atoms with Crippen molar-refractivity contribution < 1.29 is 19.1 Å². The molecular weight excluding hydrogens is 326 g/mol. The van der Waals surface area contributed by atoms with Crippen LogP contribution in [-0.2, 0) is 9.59 Å². The molecule has 6 heteroatoms. The molecule has 0 saturated carbocycles. The molecule has 20 heavy (non-hydrogen) atoms. The molecule has 1 fully saturated rings. The van der Waals surface area contributed by atoms with E-state index in [1.165, 1.54) is 6.08 Å². The van der Waals surface area contributed by atoms with Crippen molar-refractivity contribution in [3.05, 3.63) is 28.6 Å². The number of carboxylic acid groups (broad SMARTS) is 1. The summed E-state index contributed by atoms with van der Waals surface area (Å²) < 4.78 is 5.89. The number of hydrogen-bond acceptors (Lipinski definition) is 3. The third kappa shape index (κ3) is 3.50. The fraction of sp³-hybridized carbons (Fsp3) is 0.429. The van der Waals surface area contributed by atoms with Gasteiger partial charge in [-0.25, -0.2) is 0 Å². The van der Waals surface area contributed by atoms with Crippen molar-refractivity contribution in [2.45, 2.75) is 25.8 Å². The lowest BCUT2D eigenvalue weighted by molar-refractivity contribution is -0.146. The van der Waals surface area contributed by atoms with E-state index in [1.807, 2.05) is 6.92 Å². The number of hydrogen-bond donors (Lipinski definition) is 1. The van der Waals surface area contributed by atoms with Crippen LogP contribution in [-0.4, -0.2) is 34.5 Å². The Kier molecular flexibility index (Phi) is 4.65. The SMILES string of the molecule is CC1CC(C(=O)O)CCN1C(=O)/C=C/c1ccc(Br)o1. The maximum Gasteiger partial charge on any atom is 0.306 e. The lowest BCUT2D eigenvalue weighted by Gasteiger charge is -2.35. The van der Waals surface area contributed by atoms with Gasteiger partial charge in [-0.1, -0.05) is 0 Å². The van der Waals surface area contributed by atoms with Gasteiger partial charge in [0.05, 0.1) is 5.92 Å². The summed E-state index contributed by atoms with van der Waals surface area (Å²) in [7, 11) is 0. The zero-order valence-electron chi connectivity index (χ0n) is 11.1. The number of furan rings is 1. The monoisotopic (exact) mass is 341 g/mol. The van der Waals surface area contributed by atoms with E-state index in [0.29, 0.717) is 29.8 Å². The van der Waals surface area contributed by atoms with Crippen molar-refractivity contribution in [3.8, 4) is 0 Å². The topological polar surface area (TPSA) is 70.8 Å². The van der Waals surface area contributed by atoms with E-state index in [-0.39, 0.29) is 17.9 Å².